The summed E-state index contributed by atoms with van der Waals surface area (Å²) in [6.07, 6.45) is 4.48. The van der Waals surface area contributed by atoms with Gasteiger partial charge in [0.25, 0.3) is 0 Å². The topological polar surface area (TPSA) is 20.3 Å². The van der Waals surface area contributed by atoms with E-state index in [1.54, 1.807) is 0 Å². The highest BCUT2D eigenvalue weighted by molar-refractivity contribution is 6.30. The fraction of sp³-hybridized carbons (Fsp3) is 0.900. The standard InChI is InChI=1S/C10H16ClNO/c1-2-9(11)10(13)12-6-7-3-4-8(12)5-7/h7-9H,2-6H2,1H3. The summed E-state index contributed by atoms with van der Waals surface area (Å²) in [7, 11) is 0. The normalized spacial score (nSPS) is 33.8. The first kappa shape index (κ1) is 9.32. The van der Waals surface area contributed by atoms with E-state index in [-0.39, 0.29) is 11.3 Å². The van der Waals surface area contributed by atoms with Crippen LogP contribution in [-0.4, -0.2) is 28.8 Å². The van der Waals surface area contributed by atoms with Crippen LogP contribution in [-0.2, 0) is 4.79 Å². The molecule has 2 fully saturated rings. The molecule has 1 saturated carbocycles. The lowest BCUT2D eigenvalue weighted by molar-refractivity contribution is -0.132. The van der Waals surface area contributed by atoms with Crippen LogP contribution in [0.15, 0.2) is 0 Å². The number of hydrogen-bond acceptors (Lipinski definition) is 1. The number of nitrogens with zero attached hydrogens (tertiary/aromatic N) is 1. The molecule has 2 rings (SSSR count). The number of likely N-dealkylation sites (tertiary alicyclic amines) is 1. The smallest absolute Gasteiger partial charge is 0.240 e. The molecule has 2 bridgehead atoms. The first-order chi connectivity index (χ1) is 6.22. The van der Waals surface area contributed by atoms with Gasteiger partial charge in [-0.1, -0.05) is 6.92 Å². The molecule has 74 valence electrons. The SMILES string of the molecule is CCC(Cl)C(=O)N1CC2CCC1C2. The Hall–Kier alpha value is -0.240. The van der Waals surface area contributed by atoms with Gasteiger partial charge in [-0.3, -0.25) is 4.79 Å². The van der Waals surface area contributed by atoms with Crippen molar-refractivity contribution in [1.82, 2.24) is 4.90 Å². The van der Waals surface area contributed by atoms with Crippen molar-refractivity contribution >= 4 is 17.5 Å². The summed E-state index contributed by atoms with van der Waals surface area (Å²) in [5, 5.41) is -0.292. The fourth-order valence-corrected chi connectivity index (χ4v) is 2.67. The Morgan fingerprint density at radius 1 is 1.62 bits per heavy atom. The molecular weight excluding hydrogens is 186 g/mol. The molecule has 1 heterocycles. The molecular formula is C10H16ClNO. The van der Waals surface area contributed by atoms with E-state index in [9.17, 15) is 4.79 Å². The van der Waals surface area contributed by atoms with Crippen molar-refractivity contribution in [3.63, 3.8) is 0 Å². The quantitative estimate of drug-likeness (QED) is 0.626. The fourth-order valence-electron chi connectivity index (χ4n) is 2.55. The number of carbonyl (C=O) groups excluding carboxylic acids is 1. The van der Waals surface area contributed by atoms with Gasteiger partial charge in [0, 0.05) is 12.6 Å². The molecule has 0 aromatic heterocycles. The van der Waals surface area contributed by atoms with Gasteiger partial charge in [-0.25, -0.2) is 0 Å². The van der Waals surface area contributed by atoms with Crippen LogP contribution >= 0.6 is 11.6 Å². The minimum absolute atomic E-state index is 0.163. The second-order valence-electron chi connectivity index (χ2n) is 4.20. The maximum absolute atomic E-state index is 11.8. The monoisotopic (exact) mass is 201 g/mol. The highest BCUT2D eigenvalue weighted by Crippen LogP contribution is 2.37. The highest BCUT2D eigenvalue weighted by atomic mass is 35.5. The second kappa shape index (κ2) is 3.49. The average Bonchev–Trinajstić information content (AvgIpc) is 2.76. The molecule has 1 saturated heterocycles. The Bertz CT molecular complexity index is 219. The van der Waals surface area contributed by atoms with E-state index in [4.69, 9.17) is 11.6 Å². The van der Waals surface area contributed by atoms with Crippen molar-refractivity contribution in [1.29, 1.82) is 0 Å². The van der Waals surface area contributed by atoms with E-state index < -0.39 is 0 Å². The van der Waals surface area contributed by atoms with E-state index in [1.165, 1.54) is 19.3 Å². The van der Waals surface area contributed by atoms with E-state index in [0.29, 0.717) is 6.04 Å². The number of rotatable bonds is 2. The van der Waals surface area contributed by atoms with Crippen molar-refractivity contribution in [3.8, 4) is 0 Å². The molecule has 13 heavy (non-hydrogen) atoms. The first-order valence-corrected chi connectivity index (χ1v) is 5.60. The van der Waals surface area contributed by atoms with Gasteiger partial charge in [0.15, 0.2) is 0 Å². The zero-order valence-electron chi connectivity index (χ0n) is 8.00. The van der Waals surface area contributed by atoms with Crippen LogP contribution in [0.1, 0.15) is 32.6 Å². The predicted molar refractivity (Wildman–Crippen MR) is 52.8 cm³/mol. The Morgan fingerprint density at radius 3 is 2.85 bits per heavy atom. The number of amides is 1. The summed E-state index contributed by atoms with van der Waals surface area (Å²) in [6.45, 7) is 2.93. The van der Waals surface area contributed by atoms with Crippen molar-refractivity contribution in [2.75, 3.05) is 6.54 Å². The lowest BCUT2D eigenvalue weighted by atomic mass is 10.1. The Kier molecular flexibility index (Phi) is 2.50. The molecule has 2 aliphatic rings. The van der Waals surface area contributed by atoms with E-state index >= 15 is 0 Å². The van der Waals surface area contributed by atoms with E-state index in [0.717, 1.165) is 18.9 Å². The summed E-state index contributed by atoms with van der Waals surface area (Å²) in [5.74, 6) is 0.936. The molecule has 0 radical (unpaired) electrons. The summed E-state index contributed by atoms with van der Waals surface area (Å²) in [6, 6.07) is 0.519. The molecule has 1 aliphatic carbocycles. The summed E-state index contributed by atoms with van der Waals surface area (Å²) >= 11 is 5.94. The van der Waals surface area contributed by atoms with Gasteiger partial charge in [0.05, 0.1) is 0 Å². The van der Waals surface area contributed by atoms with Crippen LogP contribution in [0.25, 0.3) is 0 Å². The van der Waals surface area contributed by atoms with Gasteiger partial charge in [0.1, 0.15) is 5.38 Å². The number of piperidine rings is 1. The van der Waals surface area contributed by atoms with Crippen molar-refractivity contribution in [2.45, 2.75) is 44.0 Å². The van der Waals surface area contributed by atoms with Crippen LogP contribution in [0, 0.1) is 5.92 Å². The number of carbonyl (C=O) groups is 1. The molecule has 1 amide bonds. The van der Waals surface area contributed by atoms with Gasteiger partial charge < -0.3 is 4.90 Å². The van der Waals surface area contributed by atoms with Crippen molar-refractivity contribution in [2.24, 2.45) is 5.92 Å². The van der Waals surface area contributed by atoms with Crippen LogP contribution in [0.2, 0.25) is 0 Å². The molecule has 1 aliphatic heterocycles. The van der Waals surface area contributed by atoms with Crippen molar-refractivity contribution < 1.29 is 4.79 Å². The van der Waals surface area contributed by atoms with Gasteiger partial charge in [0.2, 0.25) is 5.91 Å². The van der Waals surface area contributed by atoms with Crippen LogP contribution in [0.5, 0.6) is 0 Å². The van der Waals surface area contributed by atoms with Gasteiger partial charge in [-0.05, 0) is 31.6 Å². The molecule has 3 unspecified atom stereocenters. The van der Waals surface area contributed by atoms with Gasteiger partial charge in [-0.2, -0.15) is 0 Å². The maximum Gasteiger partial charge on any atom is 0.240 e. The Labute approximate surface area is 84.2 Å². The third kappa shape index (κ3) is 1.56. The van der Waals surface area contributed by atoms with Crippen LogP contribution in [0.3, 0.4) is 0 Å². The lowest BCUT2D eigenvalue weighted by Gasteiger charge is -2.28. The van der Waals surface area contributed by atoms with Gasteiger partial charge in [-0.15, -0.1) is 11.6 Å². The summed E-state index contributed by atoms with van der Waals surface area (Å²) < 4.78 is 0. The maximum atomic E-state index is 11.8. The van der Waals surface area contributed by atoms with Crippen molar-refractivity contribution in [3.05, 3.63) is 0 Å². The van der Waals surface area contributed by atoms with E-state index in [1.807, 2.05) is 11.8 Å². The second-order valence-corrected chi connectivity index (χ2v) is 4.73. The Morgan fingerprint density at radius 2 is 2.38 bits per heavy atom. The van der Waals surface area contributed by atoms with Gasteiger partial charge >= 0.3 is 0 Å². The molecule has 0 spiro atoms. The number of halogens is 1. The molecule has 0 aromatic rings. The Balaban J connectivity index is 1.98. The molecule has 2 nitrogen and oxygen atoms in total. The minimum Gasteiger partial charge on any atom is -0.338 e. The number of fused-ring (bicyclic) bond motifs is 2. The third-order valence-corrected chi connectivity index (χ3v) is 3.81. The number of hydrogen-bond donors (Lipinski definition) is 0. The van der Waals surface area contributed by atoms with Crippen LogP contribution < -0.4 is 0 Å². The molecule has 0 aromatic carbocycles. The summed E-state index contributed by atoms with van der Waals surface area (Å²) in [4.78, 5) is 13.8. The minimum atomic E-state index is -0.292. The number of alkyl halides is 1. The third-order valence-electron chi connectivity index (χ3n) is 3.32. The first-order valence-electron chi connectivity index (χ1n) is 5.17. The molecule has 3 atom stereocenters. The molecule has 0 N–H and O–H groups in total. The predicted octanol–water partition coefficient (Wildman–Crippen LogP) is 2.01. The van der Waals surface area contributed by atoms with Crippen LogP contribution in [0.4, 0.5) is 0 Å². The largest absolute Gasteiger partial charge is 0.338 e. The zero-order chi connectivity index (χ0) is 9.42. The zero-order valence-corrected chi connectivity index (χ0v) is 8.76. The molecule has 3 heteroatoms. The lowest BCUT2D eigenvalue weighted by Crippen LogP contribution is -2.41. The summed E-state index contributed by atoms with van der Waals surface area (Å²) in [5.41, 5.74) is 0. The average molecular weight is 202 g/mol. The van der Waals surface area contributed by atoms with E-state index in [2.05, 4.69) is 0 Å². The highest BCUT2D eigenvalue weighted by Gasteiger charge is 2.41.